The third kappa shape index (κ3) is 3.06. The van der Waals surface area contributed by atoms with Crippen LogP contribution >= 0.6 is 23.2 Å². The molecule has 7 heteroatoms. The average Bonchev–Trinajstić information content (AvgIpc) is 2.35. The molecule has 0 saturated carbocycles. The molecule has 1 saturated heterocycles. The maximum absolute atomic E-state index is 11.9. The minimum absolute atomic E-state index is 0.0592. The summed E-state index contributed by atoms with van der Waals surface area (Å²) in [6, 6.07) is 0. The number of carbonyl (C=O) groups excluding carboxylic acids is 1. The van der Waals surface area contributed by atoms with Crippen LogP contribution in [0.15, 0.2) is 6.33 Å². The topological polar surface area (TPSA) is 66.9 Å². The van der Waals surface area contributed by atoms with Gasteiger partial charge in [-0.25, -0.2) is 9.97 Å². The Balaban J connectivity index is 2.07. The van der Waals surface area contributed by atoms with E-state index in [1.165, 1.54) is 6.33 Å². The van der Waals surface area contributed by atoms with Crippen LogP contribution in [0.25, 0.3) is 0 Å². The molecule has 0 bridgehead atoms. The number of amides is 1. The lowest BCUT2D eigenvalue weighted by Crippen LogP contribution is -2.37. The zero-order valence-corrected chi connectivity index (χ0v) is 10.6. The largest absolute Gasteiger partial charge is 0.321 e. The molecule has 1 amide bonds. The monoisotopic (exact) mass is 274 g/mol. The molecule has 1 atom stereocenters. The van der Waals surface area contributed by atoms with Gasteiger partial charge in [0.2, 0.25) is 5.91 Å². The predicted octanol–water partition coefficient (Wildman–Crippen LogP) is 1.72. The number of piperidine rings is 1. The van der Waals surface area contributed by atoms with E-state index in [1.54, 1.807) is 0 Å². The fraction of sp³-hybridized carbons (Fsp3) is 0.500. The van der Waals surface area contributed by atoms with Crippen LogP contribution in [0.5, 0.6) is 0 Å². The maximum atomic E-state index is 11.9. The molecule has 5 nitrogen and oxygen atoms in total. The molecule has 1 fully saturated rings. The fourth-order valence-electron chi connectivity index (χ4n) is 1.75. The van der Waals surface area contributed by atoms with Crippen molar-refractivity contribution in [3.05, 3.63) is 16.6 Å². The summed E-state index contributed by atoms with van der Waals surface area (Å²) in [5, 5.41) is 6.16. The third-order valence-electron chi connectivity index (χ3n) is 2.67. The van der Waals surface area contributed by atoms with Gasteiger partial charge < -0.3 is 10.6 Å². The highest BCUT2D eigenvalue weighted by Crippen LogP contribution is 2.26. The van der Waals surface area contributed by atoms with Crippen molar-refractivity contribution >= 4 is 34.8 Å². The molecule has 92 valence electrons. The molecule has 1 aromatic rings. The highest BCUT2D eigenvalue weighted by atomic mass is 35.5. The van der Waals surface area contributed by atoms with Crippen molar-refractivity contribution in [2.75, 3.05) is 18.4 Å². The summed E-state index contributed by atoms with van der Waals surface area (Å²) in [4.78, 5) is 19.5. The summed E-state index contributed by atoms with van der Waals surface area (Å²) in [5.41, 5.74) is 0.284. The van der Waals surface area contributed by atoms with E-state index in [4.69, 9.17) is 23.2 Å². The van der Waals surface area contributed by atoms with E-state index in [1.807, 2.05) is 0 Å². The Morgan fingerprint density at radius 1 is 1.41 bits per heavy atom. The Hall–Kier alpha value is -0.910. The highest BCUT2D eigenvalue weighted by molar-refractivity contribution is 6.38. The van der Waals surface area contributed by atoms with Crippen LogP contribution in [0.3, 0.4) is 0 Å². The van der Waals surface area contributed by atoms with Crippen molar-refractivity contribution in [3.8, 4) is 0 Å². The van der Waals surface area contributed by atoms with Crippen LogP contribution in [0.1, 0.15) is 12.8 Å². The molecule has 17 heavy (non-hydrogen) atoms. The predicted molar refractivity (Wildman–Crippen MR) is 66.3 cm³/mol. The van der Waals surface area contributed by atoms with Gasteiger partial charge in [-0.15, -0.1) is 0 Å². The number of rotatable bonds is 2. The Kier molecular flexibility index (Phi) is 4.15. The van der Waals surface area contributed by atoms with Crippen LogP contribution in [0.4, 0.5) is 5.69 Å². The van der Waals surface area contributed by atoms with Gasteiger partial charge in [0.05, 0.1) is 5.92 Å². The number of halogens is 2. The van der Waals surface area contributed by atoms with Crippen molar-refractivity contribution in [3.63, 3.8) is 0 Å². The summed E-state index contributed by atoms with van der Waals surface area (Å²) < 4.78 is 0. The fourth-order valence-corrected chi connectivity index (χ4v) is 2.16. The molecule has 2 rings (SSSR count). The molecular weight excluding hydrogens is 263 g/mol. The van der Waals surface area contributed by atoms with Crippen molar-refractivity contribution in [1.82, 2.24) is 15.3 Å². The minimum atomic E-state index is -0.101. The Morgan fingerprint density at radius 2 is 2.12 bits per heavy atom. The molecule has 0 radical (unpaired) electrons. The van der Waals surface area contributed by atoms with Gasteiger partial charge in [-0.05, 0) is 19.4 Å². The van der Waals surface area contributed by atoms with Crippen molar-refractivity contribution in [1.29, 1.82) is 0 Å². The van der Waals surface area contributed by atoms with Gasteiger partial charge in [-0.3, -0.25) is 4.79 Å². The second-order valence-electron chi connectivity index (χ2n) is 3.86. The van der Waals surface area contributed by atoms with Gasteiger partial charge in [0.15, 0.2) is 10.3 Å². The van der Waals surface area contributed by atoms with Crippen LogP contribution in [-0.4, -0.2) is 29.0 Å². The van der Waals surface area contributed by atoms with Crippen molar-refractivity contribution in [2.24, 2.45) is 5.92 Å². The molecule has 0 aromatic carbocycles. The van der Waals surface area contributed by atoms with Crippen molar-refractivity contribution < 1.29 is 4.79 Å². The van der Waals surface area contributed by atoms with E-state index in [0.717, 1.165) is 19.4 Å². The molecule has 0 aliphatic carbocycles. The molecule has 2 N–H and O–H groups in total. The molecule has 2 heterocycles. The van der Waals surface area contributed by atoms with Gasteiger partial charge in [0.1, 0.15) is 12.0 Å². The number of nitrogens with one attached hydrogen (secondary N) is 2. The van der Waals surface area contributed by atoms with E-state index in [-0.39, 0.29) is 27.8 Å². The first kappa shape index (κ1) is 12.5. The van der Waals surface area contributed by atoms with Crippen LogP contribution in [0.2, 0.25) is 10.3 Å². The van der Waals surface area contributed by atoms with Crippen molar-refractivity contribution in [2.45, 2.75) is 12.8 Å². The van der Waals surface area contributed by atoms with Gasteiger partial charge in [0.25, 0.3) is 0 Å². The lowest BCUT2D eigenvalue weighted by atomic mass is 9.99. The number of carbonyl (C=O) groups is 1. The Bertz CT molecular complexity index is 401. The van der Waals surface area contributed by atoms with Gasteiger partial charge in [-0.2, -0.15) is 0 Å². The maximum Gasteiger partial charge on any atom is 0.228 e. The quantitative estimate of drug-likeness (QED) is 0.806. The van der Waals surface area contributed by atoms with E-state index < -0.39 is 0 Å². The number of hydrogen-bond acceptors (Lipinski definition) is 4. The second kappa shape index (κ2) is 5.62. The zero-order valence-electron chi connectivity index (χ0n) is 9.04. The zero-order chi connectivity index (χ0) is 12.3. The van der Waals surface area contributed by atoms with Crippen LogP contribution in [0, 0.1) is 5.92 Å². The minimum Gasteiger partial charge on any atom is -0.321 e. The molecule has 0 spiro atoms. The first-order valence-electron chi connectivity index (χ1n) is 5.36. The molecular formula is C10H12Cl2N4O. The molecule has 1 aliphatic rings. The number of aromatic nitrogens is 2. The molecule has 0 unspecified atom stereocenters. The lowest BCUT2D eigenvalue weighted by Gasteiger charge is -2.22. The standard InChI is InChI=1S/C10H12Cl2N4O/c11-8-7(9(12)15-5-14-8)16-10(17)6-2-1-3-13-4-6/h5-6,13H,1-4H2,(H,16,17)/t6-/m0/s1. The summed E-state index contributed by atoms with van der Waals surface area (Å²) in [6.45, 7) is 1.63. The third-order valence-corrected chi connectivity index (χ3v) is 3.24. The summed E-state index contributed by atoms with van der Waals surface area (Å²) in [5.74, 6) is -0.160. The average molecular weight is 275 g/mol. The van der Waals surface area contributed by atoms with E-state index in [9.17, 15) is 4.79 Å². The summed E-state index contributed by atoms with van der Waals surface area (Å²) >= 11 is 11.7. The normalized spacial score (nSPS) is 20.0. The van der Waals surface area contributed by atoms with Gasteiger partial charge in [-0.1, -0.05) is 23.2 Å². The van der Waals surface area contributed by atoms with E-state index in [0.29, 0.717) is 6.54 Å². The number of hydrogen-bond donors (Lipinski definition) is 2. The smallest absolute Gasteiger partial charge is 0.228 e. The SMILES string of the molecule is O=C(Nc1c(Cl)ncnc1Cl)[C@H]1CCCNC1. The summed E-state index contributed by atoms with van der Waals surface area (Å²) in [7, 11) is 0. The summed E-state index contributed by atoms with van der Waals surface area (Å²) in [6.07, 6.45) is 3.11. The molecule has 1 aliphatic heterocycles. The van der Waals surface area contributed by atoms with Gasteiger partial charge >= 0.3 is 0 Å². The first-order chi connectivity index (χ1) is 8.18. The molecule has 1 aromatic heterocycles. The van der Waals surface area contributed by atoms with Gasteiger partial charge in [0, 0.05) is 6.54 Å². The second-order valence-corrected chi connectivity index (χ2v) is 4.58. The number of anilines is 1. The first-order valence-corrected chi connectivity index (χ1v) is 6.11. The highest BCUT2D eigenvalue weighted by Gasteiger charge is 2.22. The lowest BCUT2D eigenvalue weighted by molar-refractivity contribution is -0.120. The Morgan fingerprint density at radius 3 is 2.71 bits per heavy atom. The van der Waals surface area contributed by atoms with E-state index in [2.05, 4.69) is 20.6 Å². The van der Waals surface area contributed by atoms with Crippen LogP contribution < -0.4 is 10.6 Å². The Labute approximate surface area is 109 Å². The van der Waals surface area contributed by atoms with Crippen LogP contribution in [-0.2, 0) is 4.79 Å². The van der Waals surface area contributed by atoms with E-state index >= 15 is 0 Å². The number of nitrogens with zero attached hydrogens (tertiary/aromatic N) is 2.